The van der Waals surface area contributed by atoms with E-state index in [1.165, 1.54) is 28.9 Å². The van der Waals surface area contributed by atoms with Crippen LogP contribution in [0.4, 0.5) is 0 Å². The molecular formula is C26H34N4O+2. The average molecular weight is 419 g/mol. The number of nitrogens with zero attached hydrogens (tertiary/aromatic N) is 2. The fourth-order valence-electron chi connectivity index (χ4n) is 4.68. The molecule has 2 fully saturated rings. The third-order valence-electron chi connectivity index (χ3n) is 6.91. The summed E-state index contributed by atoms with van der Waals surface area (Å²) < 4.78 is 0. The smallest absolute Gasteiger partial charge is 0.278 e. The molecule has 2 aromatic carbocycles. The molecule has 1 saturated heterocycles. The normalized spacial score (nSPS) is 21.8. The summed E-state index contributed by atoms with van der Waals surface area (Å²) >= 11 is 0. The number of nitriles is 1. The van der Waals surface area contributed by atoms with Gasteiger partial charge in [0.25, 0.3) is 5.91 Å². The second kappa shape index (κ2) is 10.1. The Bertz CT molecular complexity index is 893. The summed E-state index contributed by atoms with van der Waals surface area (Å²) in [5, 5.41) is 8.95. The van der Waals surface area contributed by atoms with Crippen molar-refractivity contribution in [3.05, 3.63) is 71.3 Å². The maximum Gasteiger partial charge on any atom is 0.278 e. The molecule has 0 spiro atoms. The first-order chi connectivity index (χ1) is 15.1. The molecule has 1 aliphatic heterocycles. The van der Waals surface area contributed by atoms with Gasteiger partial charge >= 0.3 is 0 Å². The van der Waals surface area contributed by atoms with Crippen molar-refractivity contribution in [2.75, 3.05) is 32.7 Å². The quantitative estimate of drug-likeness (QED) is 0.662. The second-order valence-electron chi connectivity index (χ2n) is 9.25. The zero-order valence-electron chi connectivity index (χ0n) is 18.5. The zero-order valence-corrected chi connectivity index (χ0v) is 18.5. The van der Waals surface area contributed by atoms with Crippen molar-refractivity contribution in [3.8, 4) is 6.07 Å². The van der Waals surface area contributed by atoms with Crippen LogP contribution in [0, 0.1) is 17.2 Å². The molecule has 1 amide bonds. The summed E-state index contributed by atoms with van der Waals surface area (Å²) in [6.07, 6.45) is 2.51. The minimum Gasteiger partial charge on any atom is -0.331 e. The third kappa shape index (κ3) is 5.94. The van der Waals surface area contributed by atoms with Crippen LogP contribution in [0.5, 0.6) is 0 Å². The number of piperazine rings is 1. The fourth-order valence-corrected chi connectivity index (χ4v) is 4.68. The van der Waals surface area contributed by atoms with Gasteiger partial charge in [-0.2, -0.15) is 5.26 Å². The second-order valence-corrected chi connectivity index (χ2v) is 9.25. The van der Waals surface area contributed by atoms with Crippen molar-refractivity contribution in [2.45, 2.75) is 38.9 Å². The van der Waals surface area contributed by atoms with Crippen LogP contribution in [0.15, 0.2) is 54.6 Å². The van der Waals surface area contributed by atoms with Gasteiger partial charge in [0.1, 0.15) is 32.7 Å². The van der Waals surface area contributed by atoms with E-state index >= 15 is 0 Å². The first-order valence-electron chi connectivity index (χ1n) is 11.6. The highest BCUT2D eigenvalue weighted by Gasteiger charge is 2.36. The van der Waals surface area contributed by atoms with Crippen molar-refractivity contribution in [2.24, 2.45) is 5.92 Å². The molecule has 1 aliphatic carbocycles. The summed E-state index contributed by atoms with van der Waals surface area (Å²) in [6, 6.07) is 20.8. The first-order valence-corrected chi connectivity index (χ1v) is 11.6. The Hall–Kier alpha value is -2.68. The number of hydrogen-bond acceptors (Lipinski definition) is 2. The number of quaternary nitrogens is 2. The van der Waals surface area contributed by atoms with Gasteiger partial charge in [0.15, 0.2) is 6.54 Å². The molecule has 0 aromatic heterocycles. The van der Waals surface area contributed by atoms with Gasteiger partial charge in [-0.1, -0.05) is 42.5 Å². The molecule has 5 nitrogen and oxygen atoms in total. The van der Waals surface area contributed by atoms with Gasteiger partial charge in [-0.3, -0.25) is 4.79 Å². The molecule has 1 saturated carbocycles. The monoisotopic (exact) mass is 418 g/mol. The van der Waals surface area contributed by atoms with Crippen molar-refractivity contribution >= 4 is 5.91 Å². The summed E-state index contributed by atoms with van der Waals surface area (Å²) in [7, 11) is 0. The molecule has 162 valence electrons. The molecule has 0 bridgehead atoms. The van der Waals surface area contributed by atoms with Crippen molar-refractivity contribution in [1.29, 1.82) is 5.26 Å². The van der Waals surface area contributed by atoms with E-state index in [0.717, 1.165) is 39.3 Å². The lowest BCUT2D eigenvalue weighted by Crippen LogP contribution is -3.28. The van der Waals surface area contributed by atoms with Gasteiger partial charge in [-0.25, -0.2) is 0 Å². The number of rotatable bonds is 8. The minimum absolute atomic E-state index is 0.300. The average Bonchev–Trinajstić information content (AvgIpc) is 3.65. The summed E-state index contributed by atoms with van der Waals surface area (Å²) in [5.74, 6) is 0.977. The molecule has 0 radical (unpaired) electrons. The Morgan fingerprint density at radius 3 is 2.26 bits per heavy atom. The van der Waals surface area contributed by atoms with E-state index in [2.05, 4.69) is 54.3 Å². The number of benzene rings is 2. The van der Waals surface area contributed by atoms with Gasteiger partial charge in [-0.15, -0.1) is 0 Å². The van der Waals surface area contributed by atoms with E-state index in [-0.39, 0.29) is 0 Å². The minimum atomic E-state index is 0.300. The summed E-state index contributed by atoms with van der Waals surface area (Å²) in [4.78, 5) is 18.4. The predicted molar refractivity (Wildman–Crippen MR) is 120 cm³/mol. The topological polar surface area (TPSA) is 53.0 Å². The van der Waals surface area contributed by atoms with E-state index in [1.54, 1.807) is 4.90 Å². The van der Waals surface area contributed by atoms with E-state index < -0.39 is 0 Å². The standard InChI is InChI=1S/C26H32N4O/c1-21(25-11-12-25)30(19-23-5-3-2-4-6-23)26(31)20-29-15-13-28(14-16-29)18-24-9-7-22(17-27)8-10-24/h2-10,21,25H,11-16,18-20H2,1H3/p+2/t21-/m0/s1. The van der Waals surface area contributed by atoms with Crippen molar-refractivity contribution in [3.63, 3.8) is 0 Å². The van der Waals surface area contributed by atoms with E-state index in [4.69, 9.17) is 5.26 Å². The van der Waals surface area contributed by atoms with Crippen LogP contribution >= 0.6 is 0 Å². The van der Waals surface area contributed by atoms with Crippen LogP contribution in [0.3, 0.4) is 0 Å². The largest absolute Gasteiger partial charge is 0.331 e. The summed E-state index contributed by atoms with van der Waals surface area (Å²) in [6.45, 7) is 8.79. The van der Waals surface area contributed by atoms with E-state index in [0.29, 0.717) is 30.0 Å². The highest BCUT2D eigenvalue weighted by Crippen LogP contribution is 2.35. The first kappa shape index (κ1) is 21.5. The van der Waals surface area contributed by atoms with Crippen LogP contribution in [0.1, 0.15) is 36.5 Å². The molecule has 2 aliphatic rings. The number of hydrogen-bond donors (Lipinski definition) is 2. The van der Waals surface area contributed by atoms with Crippen LogP contribution in [0.2, 0.25) is 0 Å². The lowest BCUT2D eigenvalue weighted by molar-refractivity contribution is -1.02. The Morgan fingerprint density at radius 1 is 1.00 bits per heavy atom. The maximum atomic E-state index is 13.3. The Labute approximate surface area is 185 Å². The van der Waals surface area contributed by atoms with E-state index in [9.17, 15) is 4.79 Å². The molecule has 1 heterocycles. The zero-order chi connectivity index (χ0) is 21.6. The van der Waals surface area contributed by atoms with Crippen molar-refractivity contribution in [1.82, 2.24) is 4.90 Å². The molecule has 4 rings (SSSR count). The molecule has 5 heteroatoms. The predicted octanol–water partition coefficient (Wildman–Crippen LogP) is 0.669. The summed E-state index contributed by atoms with van der Waals surface area (Å²) in [5.41, 5.74) is 3.21. The number of nitrogens with one attached hydrogen (secondary N) is 2. The van der Waals surface area contributed by atoms with Gasteiger partial charge in [0.05, 0.1) is 11.6 Å². The Balaban J connectivity index is 1.29. The Kier molecular flexibility index (Phi) is 7.01. The van der Waals surface area contributed by atoms with E-state index in [1.807, 2.05) is 18.2 Å². The molecule has 31 heavy (non-hydrogen) atoms. The highest BCUT2D eigenvalue weighted by molar-refractivity contribution is 5.77. The van der Waals surface area contributed by atoms with Crippen molar-refractivity contribution < 1.29 is 14.6 Å². The maximum absolute atomic E-state index is 13.3. The SMILES string of the molecule is C[C@@H](C1CC1)N(Cc1ccccc1)C(=O)C[NH+]1CC[NH+](Cc2ccc(C#N)cc2)CC1. The Morgan fingerprint density at radius 2 is 1.65 bits per heavy atom. The van der Waals surface area contributed by atoms with Gasteiger partial charge < -0.3 is 14.7 Å². The van der Waals surface area contributed by atoms with Crippen LogP contribution in [-0.2, 0) is 17.9 Å². The molecule has 2 N–H and O–H groups in total. The lowest BCUT2D eigenvalue weighted by atomic mass is 10.1. The van der Waals surface area contributed by atoms with Crippen LogP contribution in [0.25, 0.3) is 0 Å². The molecule has 1 atom stereocenters. The third-order valence-corrected chi connectivity index (χ3v) is 6.91. The number of carbonyl (C=O) groups is 1. The fraction of sp³-hybridized carbons (Fsp3) is 0.462. The van der Waals surface area contributed by atoms with Crippen LogP contribution < -0.4 is 9.80 Å². The molecule has 2 aromatic rings. The van der Waals surface area contributed by atoms with Gasteiger partial charge in [0.2, 0.25) is 0 Å². The lowest BCUT2D eigenvalue weighted by Gasteiger charge is -2.33. The number of carbonyl (C=O) groups excluding carboxylic acids is 1. The van der Waals surface area contributed by atoms with Gasteiger partial charge in [0, 0.05) is 18.2 Å². The highest BCUT2D eigenvalue weighted by atomic mass is 16.2. The van der Waals surface area contributed by atoms with Gasteiger partial charge in [-0.05, 0) is 43.4 Å². The van der Waals surface area contributed by atoms with Crippen LogP contribution in [-0.4, -0.2) is 49.6 Å². The molecular weight excluding hydrogens is 384 g/mol. The number of amides is 1. The molecule has 0 unspecified atom stereocenters.